The number of ether oxygens (including phenoxy) is 6. The monoisotopic (exact) mass is 537 g/mol. The maximum absolute atomic E-state index is 11.9. The minimum absolute atomic E-state index is 0.0159. The van der Waals surface area contributed by atoms with Gasteiger partial charge in [-0.3, -0.25) is 9.59 Å². The molecule has 0 aromatic carbocycles. The third-order valence-corrected chi connectivity index (χ3v) is 6.78. The van der Waals surface area contributed by atoms with E-state index >= 15 is 0 Å². The fraction of sp³-hybridized carbons (Fsp3) is 0.778. The first-order valence-electron chi connectivity index (χ1n) is 10.1. The second kappa shape index (κ2) is 17.4. The van der Waals surface area contributed by atoms with Gasteiger partial charge in [0.25, 0.3) is 15.9 Å². The highest BCUT2D eigenvalue weighted by atomic mass is 35.5. The van der Waals surface area contributed by atoms with Crippen molar-refractivity contribution in [2.24, 2.45) is 0 Å². The Bertz CT molecular complexity index is 733. The van der Waals surface area contributed by atoms with Gasteiger partial charge in [-0.2, -0.15) is 8.42 Å². The molecule has 1 heterocycles. The van der Waals surface area contributed by atoms with Gasteiger partial charge in [-0.05, 0) is 0 Å². The van der Waals surface area contributed by atoms with Crippen LogP contribution in [0.5, 0.6) is 0 Å². The molecule has 1 rings (SSSR count). The molecule has 0 bridgehead atoms. The van der Waals surface area contributed by atoms with Crippen molar-refractivity contribution in [1.82, 2.24) is 4.31 Å². The summed E-state index contributed by atoms with van der Waals surface area (Å²) in [5.41, 5.74) is 0. The largest absolute Gasteiger partial charge is 0.481 e. The number of carbonyl (C=O) groups excluding carboxylic acids is 1. The topological polar surface area (TPSA) is 147 Å². The average molecular weight is 538 g/mol. The van der Waals surface area contributed by atoms with Crippen LogP contribution in [0.1, 0.15) is 6.42 Å². The van der Waals surface area contributed by atoms with Crippen LogP contribution in [0.2, 0.25) is 0 Å². The molecule has 0 spiro atoms. The van der Waals surface area contributed by atoms with Gasteiger partial charge in [0.1, 0.15) is 5.03 Å². The van der Waals surface area contributed by atoms with E-state index in [-0.39, 0.29) is 39.4 Å². The van der Waals surface area contributed by atoms with E-state index in [0.29, 0.717) is 57.2 Å². The Morgan fingerprint density at radius 3 is 1.42 bits per heavy atom. The highest BCUT2D eigenvalue weighted by molar-refractivity contribution is 7.95. The van der Waals surface area contributed by atoms with Crippen LogP contribution in [-0.2, 0) is 48.0 Å². The maximum atomic E-state index is 11.9. The van der Waals surface area contributed by atoms with Crippen molar-refractivity contribution in [2.45, 2.75) is 6.42 Å². The lowest BCUT2D eigenvalue weighted by Gasteiger charge is -2.15. The molecule has 1 N–H and O–H groups in total. The SMILES string of the molecule is O=C(O)CCOCCOCCOCCOCCOCCOCCN1C(=O)C(Cl)=C(Cl)S1(=O)=O. The maximum Gasteiger partial charge on any atom is 0.305 e. The van der Waals surface area contributed by atoms with E-state index in [1.165, 1.54) is 0 Å². The van der Waals surface area contributed by atoms with Gasteiger partial charge < -0.3 is 33.5 Å². The molecule has 0 atom stereocenters. The van der Waals surface area contributed by atoms with E-state index in [1.807, 2.05) is 0 Å². The molecule has 0 fully saturated rings. The lowest BCUT2D eigenvalue weighted by Crippen LogP contribution is -2.34. The standard InChI is InChI=1S/C18H29Cl2NO11S/c19-16-17(20)33(25,26)21(18(16)24)2-4-28-6-8-30-10-12-32-14-13-31-11-9-29-7-5-27-3-1-15(22)23/h1-14H2,(H,22,23). The van der Waals surface area contributed by atoms with Crippen molar-refractivity contribution in [3.8, 4) is 0 Å². The van der Waals surface area contributed by atoms with Crippen molar-refractivity contribution in [1.29, 1.82) is 0 Å². The number of amides is 1. The molecule has 1 aliphatic heterocycles. The first-order chi connectivity index (χ1) is 15.8. The Morgan fingerprint density at radius 1 is 0.727 bits per heavy atom. The molecule has 12 nitrogen and oxygen atoms in total. The molecule has 0 radical (unpaired) electrons. The van der Waals surface area contributed by atoms with Gasteiger partial charge in [0, 0.05) is 0 Å². The number of carbonyl (C=O) groups is 2. The van der Waals surface area contributed by atoms with Gasteiger partial charge in [0.15, 0.2) is 4.36 Å². The normalized spacial score (nSPS) is 15.6. The minimum atomic E-state index is -4.06. The molecule has 33 heavy (non-hydrogen) atoms. The molecule has 0 aliphatic carbocycles. The number of halogens is 2. The predicted molar refractivity (Wildman–Crippen MR) is 117 cm³/mol. The molecule has 0 saturated carbocycles. The fourth-order valence-corrected chi connectivity index (χ4v) is 4.15. The molecule has 0 saturated heterocycles. The van der Waals surface area contributed by atoms with Crippen LogP contribution in [0, 0.1) is 0 Å². The Morgan fingerprint density at radius 2 is 1.09 bits per heavy atom. The summed E-state index contributed by atoms with van der Waals surface area (Å²) < 4.78 is 55.2. The Kier molecular flexibility index (Phi) is 15.8. The summed E-state index contributed by atoms with van der Waals surface area (Å²) in [5, 5.41) is 7.92. The number of sulfonamides is 1. The third kappa shape index (κ3) is 12.3. The van der Waals surface area contributed by atoms with Crippen LogP contribution in [-0.4, -0.2) is 116 Å². The number of hydrogen-bond donors (Lipinski definition) is 1. The lowest BCUT2D eigenvalue weighted by molar-refractivity contribution is -0.138. The summed E-state index contributed by atoms with van der Waals surface area (Å²) in [4.78, 5) is 22.0. The minimum Gasteiger partial charge on any atom is -0.481 e. The molecule has 0 unspecified atom stereocenters. The quantitative estimate of drug-likeness (QED) is 0.202. The zero-order chi connectivity index (χ0) is 24.5. The Hall–Kier alpha value is -1.03. The third-order valence-electron chi connectivity index (χ3n) is 3.86. The molecule has 15 heteroatoms. The van der Waals surface area contributed by atoms with Gasteiger partial charge in [-0.25, -0.2) is 4.31 Å². The summed E-state index contributed by atoms with van der Waals surface area (Å²) in [6, 6.07) is 0. The predicted octanol–water partition coefficient (Wildman–Crippen LogP) is 0.379. The number of carboxylic acids is 1. The number of aliphatic carboxylic acids is 1. The second-order valence-electron chi connectivity index (χ2n) is 6.29. The van der Waals surface area contributed by atoms with Gasteiger partial charge in [0.05, 0.1) is 92.2 Å². The van der Waals surface area contributed by atoms with E-state index in [4.69, 9.17) is 56.7 Å². The van der Waals surface area contributed by atoms with Gasteiger partial charge >= 0.3 is 5.97 Å². The van der Waals surface area contributed by atoms with Crippen molar-refractivity contribution in [3.63, 3.8) is 0 Å². The average Bonchev–Trinajstić information content (AvgIpc) is 2.91. The zero-order valence-corrected chi connectivity index (χ0v) is 20.4. The molecule has 1 amide bonds. The van der Waals surface area contributed by atoms with E-state index in [0.717, 1.165) is 0 Å². The number of rotatable bonds is 21. The summed E-state index contributed by atoms with van der Waals surface area (Å²) in [5.74, 6) is -1.76. The van der Waals surface area contributed by atoms with Crippen LogP contribution >= 0.6 is 23.2 Å². The van der Waals surface area contributed by atoms with E-state index < -0.39 is 31.3 Å². The second-order valence-corrected chi connectivity index (χ2v) is 9.07. The van der Waals surface area contributed by atoms with Crippen LogP contribution in [0.15, 0.2) is 9.40 Å². The summed E-state index contributed by atoms with van der Waals surface area (Å²) in [6.07, 6.45) is -0.0254. The van der Waals surface area contributed by atoms with Crippen molar-refractivity contribution < 1.29 is 51.5 Å². The van der Waals surface area contributed by atoms with Crippen LogP contribution in [0.25, 0.3) is 0 Å². The van der Waals surface area contributed by atoms with Crippen LogP contribution < -0.4 is 0 Å². The van der Waals surface area contributed by atoms with Crippen LogP contribution in [0.4, 0.5) is 0 Å². The highest BCUT2D eigenvalue weighted by Crippen LogP contribution is 2.32. The van der Waals surface area contributed by atoms with Crippen molar-refractivity contribution in [3.05, 3.63) is 9.40 Å². The summed E-state index contributed by atoms with van der Waals surface area (Å²) in [7, 11) is -4.06. The zero-order valence-electron chi connectivity index (χ0n) is 18.0. The molecule has 1 aliphatic rings. The van der Waals surface area contributed by atoms with E-state index in [1.54, 1.807) is 0 Å². The first kappa shape index (κ1) is 30.0. The van der Waals surface area contributed by atoms with E-state index in [2.05, 4.69) is 0 Å². The molecule has 0 aromatic heterocycles. The Labute approximate surface area is 202 Å². The number of carboxylic acid groups (broad SMARTS) is 1. The van der Waals surface area contributed by atoms with Gasteiger partial charge in [0.2, 0.25) is 0 Å². The smallest absolute Gasteiger partial charge is 0.305 e. The van der Waals surface area contributed by atoms with Crippen LogP contribution in [0.3, 0.4) is 0 Å². The van der Waals surface area contributed by atoms with Gasteiger partial charge in [-0.1, -0.05) is 23.2 Å². The molecular formula is C18H29Cl2NO11S. The Balaban J connectivity index is 1.81. The summed E-state index contributed by atoms with van der Waals surface area (Å²) >= 11 is 11.1. The molecular weight excluding hydrogens is 509 g/mol. The van der Waals surface area contributed by atoms with Gasteiger partial charge in [-0.15, -0.1) is 0 Å². The number of hydrogen-bond acceptors (Lipinski definition) is 10. The highest BCUT2D eigenvalue weighted by Gasteiger charge is 2.42. The molecule has 0 aromatic rings. The fourth-order valence-electron chi connectivity index (χ4n) is 2.24. The molecule has 192 valence electrons. The first-order valence-corrected chi connectivity index (χ1v) is 12.3. The summed E-state index contributed by atoms with van der Waals surface area (Å²) in [6.45, 7) is 3.49. The lowest BCUT2D eigenvalue weighted by atomic mass is 10.5. The van der Waals surface area contributed by atoms with Crippen molar-refractivity contribution in [2.75, 3.05) is 85.8 Å². The van der Waals surface area contributed by atoms with Crippen molar-refractivity contribution >= 4 is 45.1 Å². The van der Waals surface area contributed by atoms with E-state index in [9.17, 15) is 18.0 Å². The number of nitrogens with zero attached hydrogens (tertiary/aromatic N) is 1.